The van der Waals surface area contributed by atoms with Crippen molar-refractivity contribution in [3.05, 3.63) is 46.4 Å². The molecule has 0 aliphatic carbocycles. The van der Waals surface area contributed by atoms with Gasteiger partial charge in [-0.1, -0.05) is 37.4 Å². The van der Waals surface area contributed by atoms with Crippen molar-refractivity contribution in [2.45, 2.75) is 40.0 Å². The maximum atomic E-state index is 12.5. The lowest BCUT2D eigenvalue weighted by Gasteiger charge is -2.10. The first-order valence-electron chi connectivity index (χ1n) is 8.16. The maximum absolute atomic E-state index is 12.5. The number of unbranched alkanes of at least 4 members (excludes halogenated alkanes) is 2. The van der Waals surface area contributed by atoms with Gasteiger partial charge in [0.15, 0.2) is 0 Å². The van der Waals surface area contributed by atoms with E-state index in [1.807, 2.05) is 13.0 Å². The molecular formula is C18H23ClN4O. The summed E-state index contributed by atoms with van der Waals surface area (Å²) in [7, 11) is 0. The third kappa shape index (κ3) is 5.20. The lowest BCUT2D eigenvalue weighted by molar-refractivity contribution is 0.102. The number of aryl methyl sites for hydroxylation is 2. The van der Waals surface area contributed by atoms with E-state index in [1.54, 1.807) is 25.1 Å². The number of aromatic nitrogens is 2. The zero-order chi connectivity index (χ0) is 17.5. The SMILES string of the molecule is CCCCCNc1cc(C(=O)Nc2cc(Cl)ccc2C)nc(C)n1. The van der Waals surface area contributed by atoms with Crippen molar-refractivity contribution in [2.24, 2.45) is 0 Å². The molecule has 0 fully saturated rings. The number of halogens is 1. The summed E-state index contributed by atoms with van der Waals surface area (Å²) in [6.07, 6.45) is 3.40. The van der Waals surface area contributed by atoms with Crippen LogP contribution in [0.4, 0.5) is 11.5 Å². The highest BCUT2D eigenvalue weighted by molar-refractivity contribution is 6.31. The minimum Gasteiger partial charge on any atom is -0.370 e. The first kappa shape index (κ1) is 18.2. The van der Waals surface area contributed by atoms with E-state index in [1.165, 1.54) is 6.42 Å². The normalized spacial score (nSPS) is 10.5. The number of benzene rings is 1. The van der Waals surface area contributed by atoms with Gasteiger partial charge in [-0.05, 0) is 38.0 Å². The number of rotatable bonds is 7. The number of nitrogens with one attached hydrogen (secondary N) is 2. The lowest BCUT2D eigenvalue weighted by Crippen LogP contribution is -2.16. The number of carbonyl (C=O) groups excluding carboxylic acids is 1. The molecule has 2 rings (SSSR count). The number of hydrogen-bond acceptors (Lipinski definition) is 4. The van der Waals surface area contributed by atoms with Crippen molar-refractivity contribution >= 4 is 29.0 Å². The first-order chi connectivity index (χ1) is 11.5. The van der Waals surface area contributed by atoms with Crippen LogP contribution in [0.15, 0.2) is 24.3 Å². The Morgan fingerprint density at radius 1 is 1.17 bits per heavy atom. The largest absolute Gasteiger partial charge is 0.370 e. The first-order valence-corrected chi connectivity index (χ1v) is 8.54. The maximum Gasteiger partial charge on any atom is 0.274 e. The summed E-state index contributed by atoms with van der Waals surface area (Å²) >= 11 is 5.99. The van der Waals surface area contributed by atoms with E-state index < -0.39 is 0 Å². The van der Waals surface area contributed by atoms with E-state index in [9.17, 15) is 4.79 Å². The van der Waals surface area contributed by atoms with E-state index in [2.05, 4.69) is 27.5 Å². The second-order valence-corrected chi connectivity index (χ2v) is 6.17. The van der Waals surface area contributed by atoms with Crippen LogP contribution < -0.4 is 10.6 Å². The molecule has 2 N–H and O–H groups in total. The van der Waals surface area contributed by atoms with Gasteiger partial charge < -0.3 is 10.6 Å². The fourth-order valence-corrected chi connectivity index (χ4v) is 2.45. The molecule has 0 atom stereocenters. The molecule has 0 spiro atoms. The van der Waals surface area contributed by atoms with Crippen molar-refractivity contribution in [3.8, 4) is 0 Å². The summed E-state index contributed by atoms with van der Waals surface area (Å²) < 4.78 is 0. The highest BCUT2D eigenvalue weighted by Gasteiger charge is 2.12. The molecule has 2 aromatic rings. The molecule has 6 heteroatoms. The highest BCUT2D eigenvalue weighted by atomic mass is 35.5. The molecule has 24 heavy (non-hydrogen) atoms. The van der Waals surface area contributed by atoms with Gasteiger partial charge in [-0.2, -0.15) is 0 Å². The van der Waals surface area contributed by atoms with Crippen molar-refractivity contribution < 1.29 is 4.79 Å². The number of amides is 1. The van der Waals surface area contributed by atoms with Crippen LogP contribution >= 0.6 is 11.6 Å². The van der Waals surface area contributed by atoms with E-state index in [4.69, 9.17) is 11.6 Å². The molecule has 1 heterocycles. The Morgan fingerprint density at radius 3 is 2.71 bits per heavy atom. The Kier molecular flexibility index (Phi) is 6.55. The molecule has 1 amide bonds. The molecule has 1 aromatic carbocycles. The molecule has 0 aliphatic rings. The average molecular weight is 347 g/mol. The quantitative estimate of drug-likeness (QED) is 0.719. The smallest absolute Gasteiger partial charge is 0.274 e. The number of anilines is 2. The third-order valence-corrected chi connectivity index (χ3v) is 3.84. The van der Waals surface area contributed by atoms with Crippen LogP contribution in [-0.4, -0.2) is 22.4 Å². The molecule has 0 aliphatic heterocycles. The van der Waals surface area contributed by atoms with Crippen molar-refractivity contribution in [1.29, 1.82) is 0 Å². The molecule has 5 nitrogen and oxygen atoms in total. The summed E-state index contributed by atoms with van der Waals surface area (Å²) in [5.41, 5.74) is 1.96. The minimum atomic E-state index is -0.275. The zero-order valence-electron chi connectivity index (χ0n) is 14.3. The lowest BCUT2D eigenvalue weighted by atomic mass is 10.2. The van der Waals surface area contributed by atoms with Crippen LogP contribution in [-0.2, 0) is 0 Å². The molecule has 0 unspecified atom stereocenters. The topological polar surface area (TPSA) is 66.9 Å². The van der Waals surface area contributed by atoms with Crippen molar-refractivity contribution in [3.63, 3.8) is 0 Å². The fraction of sp³-hybridized carbons (Fsp3) is 0.389. The second-order valence-electron chi connectivity index (χ2n) is 5.73. The average Bonchev–Trinajstić information content (AvgIpc) is 2.54. The molecule has 0 bridgehead atoms. The molecule has 0 saturated heterocycles. The van der Waals surface area contributed by atoms with Crippen LogP contribution in [0.5, 0.6) is 0 Å². The van der Waals surface area contributed by atoms with Gasteiger partial charge in [-0.3, -0.25) is 4.79 Å². The number of hydrogen-bond donors (Lipinski definition) is 2. The predicted octanol–water partition coefficient (Wildman–Crippen LogP) is 4.60. The van der Waals surface area contributed by atoms with E-state index >= 15 is 0 Å². The second kappa shape index (κ2) is 8.64. The zero-order valence-corrected chi connectivity index (χ0v) is 15.1. The van der Waals surface area contributed by atoms with Crippen molar-refractivity contribution in [2.75, 3.05) is 17.2 Å². The fourth-order valence-electron chi connectivity index (χ4n) is 2.28. The van der Waals surface area contributed by atoms with Crippen LogP contribution in [0.1, 0.15) is 48.1 Å². The van der Waals surface area contributed by atoms with Gasteiger partial charge in [-0.15, -0.1) is 0 Å². The van der Waals surface area contributed by atoms with Gasteiger partial charge in [0.1, 0.15) is 17.3 Å². The van der Waals surface area contributed by atoms with Crippen molar-refractivity contribution in [1.82, 2.24) is 9.97 Å². The third-order valence-electron chi connectivity index (χ3n) is 3.60. The van der Waals surface area contributed by atoms with E-state index in [0.717, 1.165) is 24.9 Å². The Balaban J connectivity index is 2.11. The predicted molar refractivity (Wildman–Crippen MR) is 98.9 cm³/mol. The van der Waals surface area contributed by atoms with Gasteiger partial charge in [-0.25, -0.2) is 9.97 Å². The summed E-state index contributed by atoms with van der Waals surface area (Å²) in [4.78, 5) is 21.0. The number of carbonyl (C=O) groups is 1. The van der Waals surface area contributed by atoms with Gasteiger partial charge in [0.05, 0.1) is 0 Å². The van der Waals surface area contributed by atoms with E-state index in [-0.39, 0.29) is 5.91 Å². The van der Waals surface area contributed by atoms with Crippen LogP contribution in [0, 0.1) is 13.8 Å². The Morgan fingerprint density at radius 2 is 1.96 bits per heavy atom. The standard InChI is InChI=1S/C18H23ClN4O/c1-4-5-6-9-20-17-11-16(21-13(3)22-17)18(24)23-15-10-14(19)8-7-12(15)2/h7-8,10-11H,4-6,9H2,1-3H3,(H,23,24)(H,20,21,22). The Hall–Kier alpha value is -2.14. The molecule has 1 aromatic heterocycles. The van der Waals surface area contributed by atoms with E-state index in [0.29, 0.717) is 28.0 Å². The summed E-state index contributed by atoms with van der Waals surface area (Å²) in [6, 6.07) is 7.06. The number of nitrogens with zero attached hydrogens (tertiary/aromatic N) is 2. The monoisotopic (exact) mass is 346 g/mol. The molecule has 0 radical (unpaired) electrons. The van der Waals surface area contributed by atoms with Gasteiger partial charge >= 0.3 is 0 Å². The van der Waals surface area contributed by atoms with Crippen LogP contribution in [0.25, 0.3) is 0 Å². The van der Waals surface area contributed by atoms with Gasteiger partial charge in [0.25, 0.3) is 5.91 Å². The van der Waals surface area contributed by atoms with Crippen LogP contribution in [0.3, 0.4) is 0 Å². The van der Waals surface area contributed by atoms with Gasteiger partial charge in [0.2, 0.25) is 0 Å². The summed E-state index contributed by atoms with van der Waals surface area (Å²) in [6.45, 7) is 6.68. The molecule has 128 valence electrons. The van der Waals surface area contributed by atoms with Crippen LogP contribution in [0.2, 0.25) is 5.02 Å². The van der Waals surface area contributed by atoms with Gasteiger partial charge in [0, 0.05) is 23.3 Å². The molecular weight excluding hydrogens is 324 g/mol. The Bertz CT molecular complexity index is 718. The molecule has 0 saturated carbocycles. The highest BCUT2D eigenvalue weighted by Crippen LogP contribution is 2.21. The Labute approximate surface area is 147 Å². The minimum absolute atomic E-state index is 0.275. The summed E-state index contributed by atoms with van der Waals surface area (Å²) in [5, 5.41) is 6.68. The summed E-state index contributed by atoms with van der Waals surface area (Å²) in [5.74, 6) is 0.956.